The van der Waals surface area contributed by atoms with Crippen LogP contribution in [0.1, 0.15) is 0 Å². The van der Waals surface area contributed by atoms with Gasteiger partial charge in [0.1, 0.15) is 0 Å². The molecular weight excluding hydrogens is 328 g/mol. The molecule has 6 nitrogen and oxygen atoms in total. The molecule has 1 aromatic carbocycles. The van der Waals surface area contributed by atoms with Crippen LogP contribution in [0.2, 0.25) is 0 Å². The Kier molecular flexibility index (Phi) is 4.55. The third kappa shape index (κ3) is 3.36. The van der Waals surface area contributed by atoms with Crippen molar-refractivity contribution in [2.24, 2.45) is 0 Å². The third-order valence-corrected chi connectivity index (χ3v) is 3.78. The first-order valence-corrected chi connectivity index (χ1v) is 7.97. The second-order valence-corrected chi connectivity index (χ2v) is 6.48. The summed E-state index contributed by atoms with van der Waals surface area (Å²) in [6.07, 6.45) is 0. The number of ether oxygens (including phenoxy) is 1. The normalized spacial score (nSPS) is 11.8. The van der Waals surface area contributed by atoms with Gasteiger partial charge in [0.2, 0.25) is 0 Å². The van der Waals surface area contributed by atoms with E-state index >= 15 is 0 Å². The molecule has 0 fully saturated rings. The topological polar surface area (TPSA) is 74.1 Å². The lowest BCUT2D eigenvalue weighted by atomic mass is 10.2. The lowest BCUT2D eigenvalue weighted by Crippen LogP contribution is -2.11. The first-order valence-electron chi connectivity index (χ1n) is 5.67. The fourth-order valence-corrected chi connectivity index (χ4v) is 2.62. The van der Waals surface area contributed by atoms with Gasteiger partial charge in [0.15, 0.2) is 17.5 Å². The first-order chi connectivity index (χ1) is 9.84. The Labute approximate surface area is 123 Å². The average molecular weight is 338 g/mol. The monoisotopic (exact) mass is 337 g/mol. The smallest absolute Gasteiger partial charge is 0.296 e. The zero-order valence-electron chi connectivity index (χ0n) is 10.8. The standard InChI is InChI=1S/C11H10ClF2N3O3S/c1-20-5-4-17-10(15-16-11(17)21(12,18)19)7-2-3-8(13)9(14)6-7/h2-3,6H,4-5H2,1H3. The molecule has 1 aromatic heterocycles. The van der Waals surface area contributed by atoms with Gasteiger partial charge in [0.25, 0.3) is 14.2 Å². The maximum atomic E-state index is 13.3. The summed E-state index contributed by atoms with van der Waals surface area (Å²) < 4.78 is 55.2. The van der Waals surface area contributed by atoms with Crippen molar-refractivity contribution in [1.82, 2.24) is 14.8 Å². The molecule has 0 bridgehead atoms. The van der Waals surface area contributed by atoms with Gasteiger partial charge in [-0.3, -0.25) is 4.57 Å². The van der Waals surface area contributed by atoms with Crippen molar-refractivity contribution in [1.29, 1.82) is 0 Å². The summed E-state index contributed by atoms with van der Waals surface area (Å²) in [6.45, 7) is 0.243. The second-order valence-electron chi connectivity index (χ2n) is 4.02. The Bertz CT molecular complexity index is 764. The van der Waals surface area contributed by atoms with Gasteiger partial charge in [-0.1, -0.05) is 0 Å². The van der Waals surface area contributed by atoms with Gasteiger partial charge in [-0.2, -0.15) is 0 Å². The van der Waals surface area contributed by atoms with Gasteiger partial charge < -0.3 is 4.74 Å². The van der Waals surface area contributed by atoms with Crippen molar-refractivity contribution in [2.75, 3.05) is 13.7 Å². The summed E-state index contributed by atoms with van der Waals surface area (Å²) >= 11 is 0. The van der Waals surface area contributed by atoms with Crippen LogP contribution in [0.3, 0.4) is 0 Å². The molecule has 1 heterocycles. The number of aromatic nitrogens is 3. The Hall–Kier alpha value is -1.58. The van der Waals surface area contributed by atoms with Crippen molar-refractivity contribution >= 4 is 19.7 Å². The molecule has 10 heteroatoms. The number of rotatable bonds is 5. The maximum absolute atomic E-state index is 13.3. The fourth-order valence-electron chi connectivity index (χ4n) is 1.70. The van der Waals surface area contributed by atoms with E-state index in [1.54, 1.807) is 0 Å². The molecule has 21 heavy (non-hydrogen) atoms. The van der Waals surface area contributed by atoms with Gasteiger partial charge >= 0.3 is 0 Å². The number of nitrogens with zero attached hydrogens (tertiary/aromatic N) is 3. The molecule has 0 amide bonds. The Morgan fingerprint density at radius 3 is 2.57 bits per heavy atom. The summed E-state index contributed by atoms with van der Waals surface area (Å²) in [5.41, 5.74) is 0.170. The van der Waals surface area contributed by atoms with Crippen LogP contribution >= 0.6 is 10.7 Å². The summed E-state index contributed by atoms with van der Waals surface area (Å²) in [4.78, 5) is 0. The lowest BCUT2D eigenvalue weighted by molar-refractivity contribution is 0.185. The molecule has 0 radical (unpaired) electrons. The third-order valence-electron chi connectivity index (χ3n) is 2.63. The average Bonchev–Trinajstić information content (AvgIpc) is 2.83. The molecule has 0 spiro atoms. The van der Waals surface area contributed by atoms with Crippen LogP contribution in [-0.2, 0) is 20.3 Å². The first kappa shape index (κ1) is 15.8. The SMILES string of the molecule is COCCn1c(-c2ccc(F)c(F)c2)nnc1S(=O)(=O)Cl. The van der Waals surface area contributed by atoms with Crippen LogP contribution in [-0.4, -0.2) is 36.9 Å². The lowest BCUT2D eigenvalue weighted by Gasteiger charge is -2.08. The van der Waals surface area contributed by atoms with Gasteiger partial charge in [0, 0.05) is 23.4 Å². The second kappa shape index (κ2) is 6.04. The van der Waals surface area contributed by atoms with Crippen molar-refractivity contribution < 1.29 is 21.9 Å². The molecule has 2 aromatic rings. The molecule has 0 atom stereocenters. The van der Waals surface area contributed by atoms with Crippen LogP contribution in [0.5, 0.6) is 0 Å². The van der Waals surface area contributed by atoms with Crippen LogP contribution < -0.4 is 0 Å². The highest BCUT2D eigenvalue weighted by atomic mass is 35.7. The minimum absolute atomic E-state index is 0.0465. The Morgan fingerprint density at radius 2 is 2.00 bits per heavy atom. The predicted octanol–water partition coefficient (Wildman–Crippen LogP) is 1.80. The maximum Gasteiger partial charge on any atom is 0.296 e. The van der Waals surface area contributed by atoms with E-state index in [0.29, 0.717) is 0 Å². The van der Waals surface area contributed by atoms with E-state index in [9.17, 15) is 17.2 Å². The highest BCUT2D eigenvalue weighted by molar-refractivity contribution is 8.13. The largest absolute Gasteiger partial charge is 0.383 e. The van der Waals surface area contributed by atoms with E-state index in [0.717, 1.165) is 12.1 Å². The van der Waals surface area contributed by atoms with Crippen LogP contribution in [0.25, 0.3) is 11.4 Å². The van der Waals surface area contributed by atoms with Crippen molar-refractivity contribution in [3.05, 3.63) is 29.8 Å². The number of halogens is 3. The summed E-state index contributed by atoms with van der Waals surface area (Å²) in [6, 6.07) is 3.07. The van der Waals surface area contributed by atoms with E-state index < -0.39 is 25.8 Å². The van der Waals surface area contributed by atoms with Crippen molar-refractivity contribution in [3.63, 3.8) is 0 Å². The highest BCUT2D eigenvalue weighted by Gasteiger charge is 2.23. The van der Waals surface area contributed by atoms with E-state index in [4.69, 9.17) is 15.4 Å². The molecule has 0 unspecified atom stereocenters. The van der Waals surface area contributed by atoms with Gasteiger partial charge in [0.05, 0.1) is 13.2 Å². The minimum Gasteiger partial charge on any atom is -0.383 e. The molecule has 114 valence electrons. The Morgan fingerprint density at radius 1 is 1.29 bits per heavy atom. The van der Waals surface area contributed by atoms with E-state index in [2.05, 4.69) is 10.2 Å². The van der Waals surface area contributed by atoms with Crippen molar-refractivity contribution in [2.45, 2.75) is 11.7 Å². The van der Waals surface area contributed by atoms with E-state index in [1.165, 1.54) is 17.7 Å². The molecule has 0 N–H and O–H groups in total. The van der Waals surface area contributed by atoms with E-state index in [1.807, 2.05) is 0 Å². The van der Waals surface area contributed by atoms with Gasteiger partial charge in [-0.25, -0.2) is 17.2 Å². The summed E-state index contributed by atoms with van der Waals surface area (Å²) in [5.74, 6) is -2.05. The minimum atomic E-state index is -4.13. The molecule has 0 aliphatic heterocycles. The van der Waals surface area contributed by atoms with Crippen molar-refractivity contribution in [3.8, 4) is 11.4 Å². The number of methoxy groups -OCH3 is 1. The summed E-state index contributed by atoms with van der Waals surface area (Å²) in [7, 11) is 2.57. The van der Waals surface area contributed by atoms with Gasteiger partial charge in [-0.05, 0) is 18.2 Å². The van der Waals surface area contributed by atoms with Gasteiger partial charge in [-0.15, -0.1) is 10.2 Å². The van der Waals surface area contributed by atoms with Crippen LogP contribution in [0.15, 0.2) is 23.4 Å². The fraction of sp³-hybridized carbons (Fsp3) is 0.273. The molecule has 0 saturated heterocycles. The zero-order chi connectivity index (χ0) is 15.6. The number of benzene rings is 1. The quantitative estimate of drug-likeness (QED) is 0.778. The van der Waals surface area contributed by atoms with Crippen LogP contribution in [0, 0.1) is 11.6 Å². The highest BCUT2D eigenvalue weighted by Crippen LogP contribution is 2.23. The molecular formula is C11H10ClF2N3O3S. The number of hydrogen-bond donors (Lipinski definition) is 0. The van der Waals surface area contributed by atoms with Crippen LogP contribution in [0.4, 0.5) is 8.78 Å². The summed E-state index contributed by atoms with van der Waals surface area (Å²) in [5, 5.41) is 6.69. The molecule has 0 saturated carbocycles. The molecule has 2 rings (SSSR count). The molecule has 0 aliphatic rings. The molecule has 0 aliphatic carbocycles. The number of hydrogen-bond acceptors (Lipinski definition) is 5. The predicted molar refractivity (Wildman–Crippen MR) is 70.3 cm³/mol. The van der Waals surface area contributed by atoms with E-state index in [-0.39, 0.29) is 24.5 Å². The Balaban J connectivity index is 2.57. The zero-order valence-corrected chi connectivity index (χ0v) is 12.3.